The zero-order valence-electron chi connectivity index (χ0n) is 14.7. The molecule has 0 spiro atoms. The van der Waals surface area contributed by atoms with Crippen LogP contribution in [0.5, 0.6) is 0 Å². The number of benzene rings is 2. The summed E-state index contributed by atoms with van der Waals surface area (Å²) in [5, 5.41) is 13.7. The van der Waals surface area contributed by atoms with Crippen LogP contribution in [0.3, 0.4) is 0 Å². The van der Waals surface area contributed by atoms with Crippen molar-refractivity contribution in [1.29, 1.82) is 0 Å². The molecule has 4 aromatic rings. The Hall–Kier alpha value is -3.31. The van der Waals surface area contributed by atoms with Gasteiger partial charge in [-0.25, -0.2) is 0 Å². The number of fused-ring (bicyclic) bond motifs is 1. The second-order valence-electron chi connectivity index (χ2n) is 6.47. The van der Waals surface area contributed by atoms with Crippen LogP contribution >= 0.6 is 0 Å². The second kappa shape index (κ2) is 7.51. The Morgan fingerprint density at radius 3 is 2.63 bits per heavy atom. The Bertz CT molecular complexity index is 1050. The first kappa shape index (κ1) is 17.1. The van der Waals surface area contributed by atoms with E-state index in [9.17, 15) is 9.90 Å². The predicted molar refractivity (Wildman–Crippen MR) is 104 cm³/mol. The molecular weight excluding hydrogens is 340 g/mol. The van der Waals surface area contributed by atoms with E-state index in [1.54, 1.807) is 0 Å². The zero-order valence-corrected chi connectivity index (χ0v) is 14.7. The quantitative estimate of drug-likeness (QED) is 0.461. The number of nitrogens with one attached hydrogen (secondary N) is 2. The summed E-state index contributed by atoms with van der Waals surface area (Å²) in [5.41, 5.74) is 2.99. The Morgan fingerprint density at radius 1 is 1.04 bits per heavy atom. The van der Waals surface area contributed by atoms with Crippen molar-refractivity contribution in [3.63, 3.8) is 0 Å². The number of hydrogen-bond acceptors (Lipinski definition) is 3. The first-order valence-electron chi connectivity index (χ1n) is 8.86. The zero-order chi connectivity index (χ0) is 18.6. The molecule has 0 amide bonds. The van der Waals surface area contributed by atoms with Gasteiger partial charge in [0.05, 0.1) is 6.54 Å². The van der Waals surface area contributed by atoms with Crippen LogP contribution in [-0.2, 0) is 17.8 Å². The van der Waals surface area contributed by atoms with Crippen LogP contribution in [0.15, 0.2) is 77.3 Å². The average Bonchev–Trinajstić information content (AvgIpc) is 3.33. The molecule has 0 bridgehead atoms. The summed E-state index contributed by atoms with van der Waals surface area (Å²) < 4.78 is 5.84. The molecule has 0 fully saturated rings. The van der Waals surface area contributed by atoms with Crippen LogP contribution < -0.4 is 5.32 Å². The van der Waals surface area contributed by atoms with Gasteiger partial charge in [-0.2, -0.15) is 0 Å². The summed E-state index contributed by atoms with van der Waals surface area (Å²) >= 11 is 0. The van der Waals surface area contributed by atoms with Gasteiger partial charge in [0.25, 0.3) is 0 Å². The minimum absolute atomic E-state index is 0.353. The summed E-state index contributed by atoms with van der Waals surface area (Å²) in [5.74, 6) is 0.602. The van der Waals surface area contributed by atoms with E-state index < -0.39 is 12.0 Å². The topological polar surface area (TPSA) is 78.3 Å². The number of aromatic nitrogens is 1. The Labute approximate surface area is 156 Å². The summed E-state index contributed by atoms with van der Waals surface area (Å²) in [6, 6.07) is 20.8. The highest BCUT2D eigenvalue weighted by Crippen LogP contribution is 2.22. The van der Waals surface area contributed by atoms with Crippen molar-refractivity contribution >= 4 is 16.9 Å². The third-order valence-electron chi connectivity index (χ3n) is 4.64. The van der Waals surface area contributed by atoms with Crippen LogP contribution in [0.1, 0.15) is 11.3 Å². The van der Waals surface area contributed by atoms with Crippen molar-refractivity contribution in [2.45, 2.75) is 19.0 Å². The van der Waals surface area contributed by atoms with Gasteiger partial charge in [-0.05, 0) is 23.8 Å². The lowest BCUT2D eigenvalue weighted by Crippen LogP contribution is -2.37. The lowest BCUT2D eigenvalue weighted by atomic mass is 10.0. The van der Waals surface area contributed by atoms with E-state index in [1.165, 1.54) is 0 Å². The van der Waals surface area contributed by atoms with Gasteiger partial charge in [-0.15, -0.1) is 0 Å². The number of rotatable bonds is 7. The first-order chi connectivity index (χ1) is 13.2. The van der Waals surface area contributed by atoms with Crippen molar-refractivity contribution in [1.82, 2.24) is 10.3 Å². The van der Waals surface area contributed by atoms with E-state index >= 15 is 0 Å². The van der Waals surface area contributed by atoms with Crippen LogP contribution in [-0.4, -0.2) is 22.1 Å². The molecule has 0 aliphatic heterocycles. The first-order valence-corrected chi connectivity index (χ1v) is 8.86. The molecular formula is C22H20N2O3. The largest absolute Gasteiger partial charge is 0.480 e. The van der Waals surface area contributed by atoms with Crippen LogP contribution in [0.2, 0.25) is 0 Å². The lowest BCUT2D eigenvalue weighted by molar-refractivity contribution is -0.139. The van der Waals surface area contributed by atoms with Crippen LogP contribution in [0, 0.1) is 0 Å². The third kappa shape index (κ3) is 3.78. The maximum Gasteiger partial charge on any atom is 0.321 e. The molecule has 5 heteroatoms. The number of aliphatic carboxylic acids is 1. The van der Waals surface area contributed by atoms with E-state index in [0.29, 0.717) is 18.7 Å². The van der Waals surface area contributed by atoms with Gasteiger partial charge in [0.15, 0.2) is 0 Å². The highest BCUT2D eigenvalue weighted by molar-refractivity contribution is 5.84. The molecule has 27 heavy (non-hydrogen) atoms. The average molecular weight is 360 g/mol. The highest BCUT2D eigenvalue weighted by atomic mass is 16.4. The number of carboxylic acid groups (broad SMARTS) is 1. The molecule has 0 aliphatic rings. The Kier molecular flexibility index (Phi) is 4.77. The molecule has 3 N–H and O–H groups in total. The van der Waals surface area contributed by atoms with Gasteiger partial charge in [-0.1, -0.05) is 48.5 Å². The van der Waals surface area contributed by atoms with Crippen molar-refractivity contribution < 1.29 is 14.3 Å². The molecule has 2 aromatic heterocycles. The fraction of sp³-hybridized carbons (Fsp3) is 0.136. The number of hydrogen-bond donors (Lipinski definition) is 3. The number of H-pyrrole nitrogens is 1. The van der Waals surface area contributed by atoms with Crippen LogP contribution in [0.4, 0.5) is 0 Å². The summed E-state index contributed by atoms with van der Waals surface area (Å²) in [4.78, 5) is 14.9. The van der Waals surface area contributed by atoms with Crippen molar-refractivity contribution in [2.24, 2.45) is 0 Å². The maximum atomic E-state index is 11.7. The van der Waals surface area contributed by atoms with Gasteiger partial charge in [0.2, 0.25) is 0 Å². The lowest BCUT2D eigenvalue weighted by Gasteiger charge is -2.13. The van der Waals surface area contributed by atoms with Crippen molar-refractivity contribution in [3.05, 3.63) is 84.3 Å². The summed E-state index contributed by atoms with van der Waals surface area (Å²) in [6.45, 7) is 0.353. The standard InChI is InChI=1S/C22H20N2O3/c25-22(26)20(12-16-13-23-19-9-5-4-8-18(16)19)24-14-17-10-11-21(27-17)15-6-2-1-3-7-15/h1-11,13,20,23-24H,12,14H2,(H,25,26)/t20-/m1/s1. The molecule has 2 aromatic carbocycles. The summed E-state index contributed by atoms with van der Waals surface area (Å²) in [6.07, 6.45) is 2.27. The number of furan rings is 1. The molecule has 0 radical (unpaired) electrons. The van der Waals surface area contributed by atoms with Gasteiger partial charge in [0, 0.05) is 29.1 Å². The fourth-order valence-corrected chi connectivity index (χ4v) is 3.22. The molecule has 4 rings (SSSR count). The van der Waals surface area contributed by atoms with Crippen molar-refractivity contribution in [2.75, 3.05) is 0 Å². The molecule has 2 heterocycles. The van der Waals surface area contributed by atoms with Gasteiger partial charge < -0.3 is 14.5 Å². The van der Waals surface area contributed by atoms with Gasteiger partial charge in [0.1, 0.15) is 17.6 Å². The predicted octanol–water partition coefficient (Wildman–Crippen LogP) is 4.21. The summed E-state index contributed by atoms with van der Waals surface area (Å²) in [7, 11) is 0. The number of para-hydroxylation sites is 1. The normalized spacial score (nSPS) is 12.3. The third-order valence-corrected chi connectivity index (χ3v) is 4.64. The van der Waals surface area contributed by atoms with E-state index in [1.807, 2.05) is 72.9 Å². The smallest absolute Gasteiger partial charge is 0.321 e. The highest BCUT2D eigenvalue weighted by Gasteiger charge is 2.19. The van der Waals surface area contributed by atoms with Gasteiger partial charge in [-0.3, -0.25) is 10.1 Å². The number of aromatic amines is 1. The molecule has 136 valence electrons. The minimum atomic E-state index is -0.880. The molecule has 5 nitrogen and oxygen atoms in total. The Morgan fingerprint density at radius 2 is 1.81 bits per heavy atom. The van der Waals surface area contributed by atoms with Gasteiger partial charge >= 0.3 is 5.97 Å². The SMILES string of the molecule is O=C(O)[C@@H](Cc1c[nH]c2ccccc12)NCc1ccc(-c2ccccc2)o1. The number of carboxylic acids is 1. The second-order valence-corrected chi connectivity index (χ2v) is 6.47. The maximum absolute atomic E-state index is 11.7. The molecule has 0 saturated carbocycles. The van der Waals surface area contributed by atoms with E-state index in [4.69, 9.17) is 4.42 Å². The molecule has 0 unspecified atom stereocenters. The minimum Gasteiger partial charge on any atom is -0.480 e. The fourth-order valence-electron chi connectivity index (χ4n) is 3.22. The molecule has 0 aliphatic carbocycles. The monoisotopic (exact) mass is 360 g/mol. The Balaban J connectivity index is 1.45. The van der Waals surface area contributed by atoms with E-state index in [2.05, 4.69) is 10.3 Å². The van der Waals surface area contributed by atoms with E-state index in [0.717, 1.165) is 27.8 Å². The number of carbonyl (C=O) groups is 1. The van der Waals surface area contributed by atoms with Crippen LogP contribution in [0.25, 0.3) is 22.2 Å². The van der Waals surface area contributed by atoms with Crippen molar-refractivity contribution in [3.8, 4) is 11.3 Å². The van der Waals surface area contributed by atoms with E-state index in [-0.39, 0.29) is 0 Å². The molecule has 0 saturated heterocycles. The molecule has 1 atom stereocenters.